The van der Waals surface area contributed by atoms with E-state index in [1.807, 2.05) is 25.1 Å². The zero-order chi connectivity index (χ0) is 13.8. The number of hydrogen-bond acceptors (Lipinski definition) is 3. The first-order valence-electron chi connectivity index (χ1n) is 5.68. The van der Waals surface area contributed by atoms with Gasteiger partial charge in [0.25, 0.3) is 5.91 Å². The Bertz CT molecular complexity index is 614. The second kappa shape index (κ2) is 5.84. The van der Waals surface area contributed by atoms with E-state index in [-0.39, 0.29) is 5.91 Å². The quantitative estimate of drug-likeness (QED) is 0.882. The average molecular weight is 321 g/mol. The lowest BCUT2D eigenvalue weighted by atomic mass is 10.2. The first-order valence-corrected chi connectivity index (χ1v) is 6.47. The second-order valence-electron chi connectivity index (χ2n) is 4.00. The molecule has 0 fully saturated rings. The highest BCUT2D eigenvalue weighted by Gasteiger charge is 2.12. The van der Waals surface area contributed by atoms with Crippen molar-refractivity contribution in [3.63, 3.8) is 0 Å². The van der Waals surface area contributed by atoms with Crippen LogP contribution in [-0.2, 0) is 0 Å². The fourth-order valence-corrected chi connectivity index (χ4v) is 2.08. The Morgan fingerprint density at radius 3 is 2.84 bits per heavy atom. The lowest BCUT2D eigenvalue weighted by molar-refractivity contribution is 0.102. The Morgan fingerprint density at radius 2 is 2.16 bits per heavy atom. The van der Waals surface area contributed by atoms with Gasteiger partial charge < -0.3 is 10.1 Å². The summed E-state index contributed by atoms with van der Waals surface area (Å²) >= 11 is 3.25. The van der Waals surface area contributed by atoms with Crippen molar-refractivity contribution in [3.05, 3.63) is 52.3 Å². The summed E-state index contributed by atoms with van der Waals surface area (Å²) in [5.74, 6) is 0.399. The van der Waals surface area contributed by atoms with Crippen molar-refractivity contribution in [3.8, 4) is 5.75 Å². The smallest absolute Gasteiger partial charge is 0.258 e. The van der Waals surface area contributed by atoms with Crippen LogP contribution in [0, 0.1) is 6.92 Å². The van der Waals surface area contributed by atoms with Gasteiger partial charge in [0.15, 0.2) is 0 Å². The Hall–Kier alpha value is -1.88. The number of carbonyl (C=O) groups is 1. The average Bonchev–Trinajstić information content (AvgIpc) is 2.41. The molecule has 4 nitrogen and oxygen atoms in total. The highest BCUT2D eigenvalue weighted by atomic mass is 79.9. The number of rotatable bonds is 3. The fraction of sp³-hybridized carbons (Fsp3) is 0.143. The molecule has 1 N–H and O–H groups in total. The predicted octanol–water partition coefficient (Wildman–Crippen LogP) is 3.41. The first-order chi connectivity index (χ1) is 9.11. The third-order valence-electron chi connectivity index (χ3n) is 2.61. The molecule has 1 aromatic heterocycles. The Morgan fingerprint density at radius 1 is 1.37 bits per heavy atom. The highest BCUT2D eigenvalue weighted by Crippen LogP contribution is 2.26. The molecule has 0 bridgehead atoms. The molecule has 5 heteroatoms. The van der Waals surface area contributed by atoms with Crippen molar-refractivity contribution in [2.75, 3.05) is 12.4 Å². The number of nitrogens with one attached hydrogen (secondary N) is 1. The van der Waals surface area contributed by atoms with Gasteiger partial charge in [0, 0.05) is 6.20 Å². The highest BCUT2D eigenvalue weighted by molar-refractivity contribution is 9.10. The molecular formula is C14H13BrN2O2. The van der Waals surface area contributed by atoms with Crippen LogP contribution in [0.15, 0.2) is 41.1 Å². The molecule has 1 aromatic carbocycles. The lowest BCUT2D eigenvalue weighted by Crippen LogP contribution is -2.13. The minimum Gasteiger partial charge on any atom is -0.495 e. The lowest BCUT2D eigenvalue weighted by Gasteiger charge is -2.11. The molecule has 0 spiro atoms. The molecule has 0 unspecified atom stereocenters. The van der Waals surface area contributed by atoms with Gasteiger partial charge in [-0.1, -0.05) is 6.07 Å². The van der Waals surface area contributed by atoms with Crippen molar-refractivity contribution >= 4 is 27.5 Å². The largest absolute Gasteiger partial charge is 0.495 e. The summed E-state index contributed by atoms with van der Waals surface area (Å²) in [6.45, 7) is 1.96. The van der Waals surface area contributed by atoms with Gasteiger partial charge in [-0.3, -0.25) is 4.79 Å². The maximum absolute atomic E-state index is 12.2. The molecule has 19 heavy (non-hydrogen) atoms. The fourth-order valence-electron chi connectivity index (χ4n) is 1.65. The van der Waals surface area contributed by atoms with Crippen LogP contribution in [0.2, 0.25) is 0 Å². The number of anilines is 1. The van der Waals surface area contributed by atoms with Crippen LogP contribution in [0.4, 0.5) is 5.69 Å². The van der Waals surface area contributed by atoms with E-state index >= 15 is 0 Å². The van der Waals surface area contributed by atoms with Gasteiger partial charge in [-0.25, -0.2) is 4.98 Å². The van der Waals surface area contributed by atoms with Crippen LogP contribution in [0.5, 0.6) is 5.75 Å². The molecular weight excluding hydrogens is 308 g/mol. The summed E-state index contributed by atoms with van der Waals surface area (Å²) in [7, 11) is 1.57. The van der Waals surface area contributed by atoms with Gasteiger partial charge in [0.2, 0.25) is 0 Å². The van der Waals surface area contributed by atoms with E-state index in [0.717, 1.165) is 5.56 Å². The Labute approximate surface area is 119 Å². The molecule has 0 saturated heterocycles. The van der Waals surface area contributed by atoms with E-state index in [0.29, 0.717) is 21.6 Å². The van der Waals surface area contributed by atoms with Crippen molar-refractivity contribution in [2.24, 2.45) is 0 Å². The number of aryl methyl sites for hydroxylation is 1. The summed E-state index contributed by atoms with van der Waals surface area (Å²) in [6, 6.07) is 9.01. The third-order valence-corrected chi connectivity index (χ3v) is 3.24. The van der Waals surface area contributed by atoms with Crippen LogP contribution < -0.4 is 10.1 Å². The van der Waals surface area contributed by atoms with Crippen molar-refractivity contribution in [1.82, 2.24) is 4.98 Å². The van der Waals surface area contributed by atoms with E-state index < -0.39 is 0 Å². The summed E-state index contributed by atoms with van der Waals surface area (Å²) in [6.07, 6.45) is 1.62. The number of amides is 1. The maximum Gasteiger partial charge on any atom is 0.258 e. The standard InChI is InChI=1S/C14H13BrN2O2/c1-9-5-6-11(12(8-9)19-2)17-14(18)10-4-3-7-16-13(10)15/h3-8H,1-2H3,(H,17,18). The van der Waals surface area contributed by atoms with Crippen molar-refractivity contribution in [1.29, 1.82) is 0 Å². The van der Waals surface area contributed by atoms with Crippen LogP contribution >= 0.6 is 15.9 Å². The number of ether oxygens (including phenoxy) is 1. The minimum absolute atomic E-state index is 0.234. The van der Waals surface area contributed by atoms with E-state index in [1.165, 1.54) is 0 Å². The maximum atomic E-state index is 12.2. The second-order valence-corrected chi connectivity index (χ2v) is 4.75. The zero-order valence-corrected chi connectivity index (χ0v) is 12.2. The normalized spacial score (nSPS) is 10.1. The number of aromatic nitrogens is 1. The molecule has 0 aliphatic carbocycles. The molecule has 1 amide bonds. The monoisotopic (exact) mass is 320 g/mol. The molecule has 2 rings (SSSR count). The summed E-state index contributed by atoms with van der Waals surface area (Å²) in [5, 5.41) is 2.81. The van der Waals surface area contributed by atoms with E-state index in [4.69, 9.17) is 4.74 Å². The molecule has 0 aliphatic rings. The molecule has 0 saturated carbocycles. The summed E-state index contributed by atoms with van der Waals surface area (Å²) in [5.41, 5.74) is 2.18. The van der Waals surface area contributed by atoms with Gasteiger partial charge in [-0.2, -0.15) is 0 Å². The molecule has 0 atom stereocenters. The number of methoxy groups -OCH3 is 1. The molecule has 0 radical (unpaired) electrons. The van der Waals surface area contributed by atoms with Gasteiger partial charge in [0.05, 0.1) is 18.4 Å². The van der Waals surface area contributed by atoms with Crippen LogP contribution in [0.25, 0.3) is 0 Å². The van der Waals surface area contributed by atoms with Gasteiger partial charge in [-0.15, -0.1) is 0 Å². The zero-order valence-electron chi connectivity index (χ0n) is 10.6. The molecule has 0 aliphatic heterocycles. The number of hydrogen-bond donors (Lipinski definition) is 1. The van der Waals surface area contributed by atoms with Crippen LogP contribution in [0.3, 0.4) is 0 Å². The van der Waals surface area contributed by atoms with Gasteiger partial charge in [-0.05, 0) is 52.7 Å². The molecule has 2 aromatic rings. The number of halogens is 1. The Balaban J connectivity index is 2.27. The summed E-state index contributed by atoms with van der Waals surface area (Å²) < 4.78 is 5.76. The van der Waals surface area contributed by atoms with E-state index in [9.17, 15) is 4.79 Å². The van der Waals surface area contributed by atoms with E-state index in [1.54, 1.807) is 25.4 Å². The number of benzene rings is 1. The number of carbonyl (C=O) groups excluding carboxylic acids is 1. The number of nitrogens with zero attached hydrogens (tertiary/aromatic N) is 1. The third kappa shape index (κ3) is 3.12. The topological polar surface area (TPSA) is 51.2 Å². The molecule has 1 heterocycles. The predicted molar refractivity (Wildman–Crippen MR) is 77.6 cm³/mol. The van der Waals surface area contributed by atoms with Crippen molar-refractivity contribution < 1.29 is 9.53 Å². The van der Waals surface area contributed by atoms with Crippen LogP contribution in [-0.4, -0.2) is 18.0 Å². The molecule has 98 valence electrons. The minimum atomic E-state index is -0.234. The number of pyridine rings is 1. The van der Waals surface area contributed by atoms with E-state index in [2.05, 4.69) is 26.2 Å². The summed E-state index contributed by atoms with van der Waals surface area (Å²) in [4.78, 5) is 16.2. The first kappa shape index (κ1) is 13.5. The van der Waals surface area contributed by atoms with Gasteiger partial charge >= 0.3 is 0 Å². The van der Waals surface area contributed by atoms with Crippen molar-refractivity contribution in [2.45, 2.75) is 6.92 Å². The SMILES string of the molecule is COc1cc(C)ccc1NC(=O)c1cccnc1Br. The van der Waals surface area contributed by atoms with Gasteiger partial charge in [0.1, 0.15) is 10.4 Å². The van der Waals surface area contributed by atoms with Crippen LogP contribution in [0.1, 0.15) is 15.9 Å². The Kier molecular flexibility index (Phi) is 4.16.